The summed E-state index contributed by atoms with van der Waals surface area (Å²) in [5, 5.41) is 2.92. The second-order valence-electron chi connectivity index (χ2n) is 4.88. The summed E-state index contributed by atoms with van der Waals surface area (Å²) >= 11 is 0. The van der Waals surface area contributed by atoms with Gasteiger partial charge in [-0.25, -0.2) is 13.2 Å². The number of nitrogens with one attached hydrogen (secondary N) is 1. The molecule has 2 rings (SSSR count). The summed E-state index contributed by atoms with van der Waals surface area (Å²) in [5.74, 6) is -3.67. The van der Waals surface area contributed by atoms with E-state index in [1.807, 2.05) is 31.2 Å². The molecule has 0 atom stereocenters. The van der Waals surface area contributed by atoms with Gasteiger partial charge in [-0.15, -0.1) is 0 Å². The fraction of sp³-hybridized carbons (Fsp3) is 0.188. The first kappa shape index (κ1) is 15.9. The van der Waals surface area contributed by atoms with Crippen LogP contribution in [0.5, 0.6) is 0 Å². The van der Waals surface area contributed by atoms with Crippen molar-refractivity contribution in [2.45, 2.75) is 13.3 Å². The average molecular weight is 307 g/mol. The summed E-state index contributed by atoms with van der Waals surface area (Å²) < 4.78 is 39.0. The first-order valence-corrected chi connectivity index (χ1v) is 6.73. The van der Waals surface area contributed by atoms with E-state index in [4.69, 9.17) is 5.73 Å². The maximum atomic E-state index is 13.1. The smallest absolute Gasteiger partial charge is 0.194 e. The molecule has 116 valence electrons. The van der Waals surface area contributed by atoms with E-state index >= 15 is 0 Å². The Hall–Kier alpha value is -2.50. The van der Waals surface area contributed by atoms with E-state index in [1.54, 1.807) is 0 Å². The van der Waals surface area contributed by atoms with Crippen LogP contribution in [0.4, 0.5) is 18.9 Å². The standard InChI is InChI=1S/C16H16F3N3/c1-10-3-2-4-12(7-10)22-16(20)21-6-5-11-8-13(17)15(19)14(18)9-11/h2-4,7-9H,5-6H2,1H3,(H3,20,21,22). The Morgan fingerprint density at radius 1 is 1.14 bits per heavy atom. The number of nitrogens with zero attached hydrogens (tertiary/aromatic N) is 1. The highest BCUT2D eigenvalue weighted by Crippen LogP contribution is 2.14. The zero-order valence-corrected chi connectivity index (χ0v) is 12.0. The zero-order chi connectivity index (χ0) is 16.1. The number of guanidine groups is 1. The molecule has 2 aromatic rings. The minimum Gasteiger partial charge on any atom is -0.370 e. The molecule has 0 aliphatic heterocycles. The van der Waals surface area contributed by atoms with Gasteiger partial charge in [-0.3, -0.25) is 4.99 Å². The lowest BCUT2D eigenvalue weighted by Crippen LogP contribution is -2.23. The summed E-state index contributed by atoms with van der Waals surface area (Å²) in [6.45, 7) is 2.19. The van der Waals surface area contributed by atoms with Gasteiger partial charge in [0.2, 0.25) is 0 Å². The third-order valence-corrected chi connectivity index (χ3v) is 3.02. The minimum absolute atomic E-state index is 0.202. The van der Waals surface area contributed by atoms with Crippen molar-refractivity contribution in [3.63, 3.8) is 0 Å². The predicted molar refractivity (Wildman–Crippen MR) is 81.3 cm³/mol. The van der Waals surface area contributed by atoms with Gasteiger partial charge in [0.05, 0.1) is 0 Å². The van der Waals surface area contributed by atoms with Crippen LogP contribution in [0, 0.1) is 24.4 Å². The summed E-state index contributed by atoms with van der Waals surface area (Å²) in [4.78, 5) is 4.07. The molecular weight excluding hydrogens is 291 g/mol. The average Bonchev–Trinajstić information content (AvgIpc) is 2.44. The van der Waals surface area contributed by atoms with Gasteiger partial charge in [-0.1, -0.05) is 12.1 Å². The molecule has 0 bridgehead atoms. The summed E-state index contributed by atoms with van der Waals surface area (Å²) in [7, 11) is 0. The Balaban J connectivity index is 1.94. The van der Waals surface area contributed by atoms with Crippen molar-refractivity contribution in [1.29, 1.82) is 0 Å². The monoisotopic (exact) mass is 307 g/mol. The topological polar surface area (TPSA) is 50.4 Å². The summed E-state index contributed by atoms with van der Waals surface area (Å²) in [6.07, 6.45) is 0.254. The van der Waals surface area contributed by atoms with E-state index in [-0.39, 0.29) is 18.9 Å². The van der Waals surface area contributed by atoms with Crippen LogP contribution in [0.3, 0.4) is 0 Å². The third-order valence-electron chi connectivity index (χ3n) is 3.02. The Labute approximate surface area is 126 Å². The summed E-state index contributed by atoms with van der Waals surface area (Å²) in [6, 6.07) is 9.51. The maximum Gasteiger partial charge on any atom is 0.194 e. The largest absolute Gasteiger partial charge is 0.370 e. The van der Waals surface area contributed by atoms with Gasteiger partial charge in [-0.05, 0) is 48.7 Å². The molecule has 0 heterocycles. The van der Waals surface area contributed by atoms with Crippen molar-refractivity contribution in [3.05, 3.63) is 65.0 Å². The molecule has 2 aromatic carbocycles. The number of rotatable bonds is 4. The van der Waals surface area contributed by atoms with Crippen LogP contribution in [0.15, 0.2) is 41.4 Å². The van der Waals surface area contributed by atoms with Gasteiger partial charge in [0.15, 0.2) is 23.4 Å². The molecule has 22 heavy (non-hydrogen) atoms. The molecule has 3 N–H and O–H groups in total. The van der Waals surface area contributed by atoms with Gasteiger partial charge >= 0.3 is 0 Å². The third kappa shape index (κ3) is 4.25. The number of hydrogen-bond acceptors (Lipinski definition) is 1. The van der Waals surface area contributed by atoms with Crippen molar-refractivity contribution in [2.24, 2.45) is 10.7 Å². The van der Waals surface area contributed by atoms with Gasteiger partial charge in [0.1, 0.15) is 0 Å². The van der Waals surface area contributed by atoms with Crippen LogP contribution in [-0.4, -0.2) is 12.5 Å². The molecule has 0 saturated heterocycles. The second kappa shape index (κ2) is 6.98. The van der Waals surface area contributed by atoms with E-state index in [1.165, 1.54) is 0 Å². The van der Waals surface area contributed by atoms with E-state index in [2.05, 4.69) is 10.3 Å². The number of anilines is 1. The SMILES string of the molecule is Cc1cccc(NC(N)=NCCc2cc(F)c(F)c(F)c2)c1. The molecule has 0 saturated carbocycles. The number of aliphatic imine (C=N–C) groups is 1. The molecule has 3 nitrogen and oxygen atoms in total. The highest BCUT2D eigenvalue weighted by Gasteiger charge is 2.10. The van der Waals surface area contributed by atoms with Gasteiger partial charge in [0, 0.05) is 12.2 Å². The number of nitrogens with two attached hydrogens (primary N) is 1. The molecule has 0 spiro atoms. The molecule has 0 fully saturated rings. The fourth-order valence-electron chi connectivity index (χ4n) is 1.97. The number of halogens is 3. The van der Waals surface area contributed by atoms with E-state index < -0.39 is 17.5 Å². The first-order valence-electron chi connectivity index (χ1n) is 6.73. The van der Waals surface area contributed by atoms with Crippen LogP contribution in [0.1, 0.15) is 11.1 Å². The van der Waals surface area contributed by atoms with Crippen LogP contribution in [0.25, 0.3) is 0 Å². The van der Waals surface area contributed by atoms with Crippen molar-refractivity contribution in [3.8, 4) is 0 Å². The molecular formula is C16H16F3N3. The molecule has 0 aromatic heterocycles. The number of aryl methyl sites for hydroxylation is 1. The van der Waals surface area contributed by atoms with E-state index in [0.29, 0.717) is 5.56 Å². The van der Waals surface area contributed by atoms with Crippen LogP contribution in [-0.2, 0) is 6.42 Å². The summed E-state index contributed by atoms with van der Waals surface area (Å²) in [5.41, 5.74) is 7.94. The van der Waals surface area contributed by atoms with Gasteiger partial charge < -0.3 is 11.1 Å². The van der Waals surface area contributed by atoms with Crippen molar-refractivity contribution in [2.75, 3.05) is 11.9 Å². The van der Waals surface area contributed by atoms with E-state index in [0.717, 1.165) is 23.4 Å². The Morgan fingerprint density at radius 2 is 1.82 bits per heavy atom. The van der Waals surface area contributed by atoms with Crippen molar-refractivity contribution < 1.29 is 13.2 Å². The lowest BCUT2D eigenvalue weighted by atomic mass is 10.1. The minimum atomic E-state index is -1.46. The number of hydrogen-bond donors (Lipinski definition) is 2. The molecule has 0 aliphatic carbocycles. The Kier molecular flexibility index (Phi) is 5.04. The first-order chi connectivity index (χ1) is 10.5. The van der Waals surface area contributed by atoms with Crippen LogP contribution >= 0.6 is 0 Å². The molecule has 0 radical (unpaired) electrons. The highest BCUT2D eigenvalue weighted by molar-refractivity contribution is 5.92. The van der Waals surface area contributed by atoms with Crippen molar-refractivity contribution >= 4 is 11.6 Å². The van der Waals surface area contributed by atoms with Crippen LogP contribution in [0.2, 0.25) is 0 Å². The predicted octanol–water partition coefficient (Wildman–Crippen LogP) is 3.38. The lowest BCUT2D eigenvalue weighted by molar-refractivity contribution is 0.445. The van der Waals surface area contributed by atoms with Gasteiger partial charge in [0.25, 0.3) is 0 Å². The molecule has 0 amide bonds. The normalized spacial score (nSPS) is 11.5. The number of benzene rings is 2. The molecule has 0 aliphatic rings. The molecule has 6 heteroatoms. The highest BCUT2D eigenvalue weighted by atomic mass is 19.2. The molecule has 0 unspecified atom stereocenters. The maximum absolute atomic E-state index is 13.1. The lowest BCUT2D eigenvalue weighted by Gasteiger charge is -2.06. The quantitative estimate of drug-likeness (QED) is 0.517. The Bertz CT molecular complexity index is 676. The second-order valence-corrected chi connectivity index (χ2v) is 4.88. The van der Waals surface area contributed by atoms with Gasteiger partial charge in [-0.2, -0.15) is 0 Å². The van der Waals surface area contributed by atoms with Crippen molar-refractivity contribution in [1.82, 2.24) is 0 Å². The zero-order valence-electron chi connectivity index (χ0n) is 12.0. The fourth-order valence-corrected chi connectivity index (χ4v) is 1.97. The van der Waals surface area contributed by atoms with E-state index in [9.17, 15) is 13.2 Å². The van der Waals surface area contributed by atoms with Crippen LogP contribution < -0.4 is 11.1 Å². The Morgan fingerprint density at radius 3 is 2.45 bits per heavy atom.